The van der Waals surface area contributed by atoms with Crippen LogP contribution in [0.1, 0.15) is 72.1 Å². The molecule has 8 atom stereocenters. The van der Waals surface area contributed by atoms with E-state index in [-0.39, 0.29) is 12.7 Å². The zero-order valence-electron chi connectivity index (χ0n) is 17.0. The van der Waals surface area contributed by atoms with Gasteiger partial charge in [-0.25, -0.2) is 0 Å². The summed E-state index contributed by atoms with van der Waals surface area (Å²) in [5.41, 5.74) is 2.38. The van der Waals surface area contributed by atoms with Gasteiger partial charge in [-0.2, -0.15) is 0 Å². The van der Waals surface area contributed by atoms with E-state index in [1.54, 1.807) is 5.57 Å². The molecule has 0 amide bonds. The molecule has 0 radical (unpaired) electrons. The molecule has 0 saturated heterocycles. The van der Waals surface area contributed by atoms with Crippen LogP contribution < -0.4 is 5.32 Å². The summed E-state index contributed by atoms with van der Waals surface area (Å²) in [6, 6.07) is 0.504. The second-order valence-corrected chi connectivity index (χ2v) is 10.4. The predicted molar refractivity (Wildman–Crippen MR) is 106 cm³/mol. The average Bonchev–Trinajstić information content (AvgIpc) is 2.97. The lowest BCUT2D eigenvalue weighted by atomic mass is 9.47. The van der Waals surface area contributed by atoms with E-state index in [0.29, 0.717) is 16.9 Å². The maximum Gasteiger partial charge on any atom is 0.0577 e. The largest absolute Gasteiger partial charge is 0.395 e. The fraction of sp³-hybridized carbons (Fsp3) is 0.913. The summed E-state index contributed by atoms with van der Waals surface area (Å²) in [6.45, 7) is 8.39. The number of aliphatic hydroxyl groups excluding tert-OH is 2. The van der Waals surface area contributed by atoms with Gasteiger partial charge >= 0.3 is 0 Å². The SMILES string of the molecule is C[C@H](NCCO)[C@H]1CC[C@H]2[C@@H]3CC=C4C[C@@H](O)CC[C@]4(C)[C@H]3CC[C@]12C. The van der Waals surface area contributed by atoms with E-state index in [0.717, 1.165) is 43.1 Å². The van der Waals surface area contributed by atoms with Crippen molar-refractivity contribution < 1.29 is 10.2 Å². The average molecular weight is 362 g/mol. The molecule has 3 N–H and O–H groups in total. The Hall–Kier alpha value is -0.380. The van der Waals surface area contributed by atoms with E-state index in [4.69, 9.17) is 0 Å². The summed E-state index contributed by atoms with van der Waals surface area (Å²) in [5, 5.41) is 22.9. The first-order valence-electron chi connectivity index (χ1n) is 11.1. The molecule has 0 aromatic rings. The number of rotatable bonds is 4. The first kappa shape index (κ1) is 19.0. The fourth-order valence-corrected chi connectivity index (χ4v) is 7.94. The standard InChI is InChI=1S/C23H39NO2/c1-15(24-12-13-25)19-6-7-20-18-5-4-16-14-17(26)8-10-22(16,2)21(18)9-11-23(19,20)3/h4,15,17-21,24-26H,5-14H2,1-3H3/t15-,17-,18-,19+,20-,21-,22-,23+/m0/s1. The fourth-order valence-electron chi connectivity index (χ4n) is 7.94. The van der Waals surface area contributed by atoms with Crippen molar-refractivity contribution in [2.75, 3.05) is 13.2 Å². The molecule has 3 heteroatoms. The van der Waals surface area contributed by atoms with Crippen LogP contribution in [0.25, 0.3) is 0 Å². The van der Waals surface area contributed by atoms with Crippen molar-refractivity contribution in [1.82, 2.24) is 5.32 Å². The van der Waals surface area contributed by atoms with Crippen LogP contribution in [0.15, 0.2) is 11.6 Å². The van der Waals surface area contributed by atoms with Crippen molar-refractivity contribution in [1.29, 1.82) is 0 Å². The molecule has 3 saturated carbocycles. The highest BCUT2D eigenvalue weighted by molar-refractivity contribution is 5.25. The van der Waals surface area contributed by atoms with Gasteiger partial charge in [0.1, 0.15) is 0 Å². The molecule has 3 fully saturated rings. The highest BCUT2D eigenvalue weighted by atomic mass is 16.3. The molecule has 0 unspecified atom stereocenters. The highest BCUT2D eigenvalue weighted by Gasteiger charge is 2.59. The van der Waals surface area contributed by atoms with E-state index in [1.807, 2.05) is 0 Å². The quantitative estimate of drug-likeness (QED) is 0.666. The van der Waals surface area contributed by atoms with Gasteiger partial charge < -0.3 is 15.5 Å². The predicted octanol–water partition coefficient (Wildman–Crippen LogP) is 3.90. The molecule has 0 aromatic heterocycles. The van der Waals surface area contributed by atoms with Crippen LogP contribution in [-0.2, 0) is 0 Å². The maximum absolute atomic E-state index is 10.2. The van der Waals surface area contributed by atoms with Gasteiger partial charge in [-0.05, 0) is 92.8 Å². The third kappa shape index (κ3) is 2.81. The summed E-state index contributed by atoms with van der Waals surface area (Å²) in [4.78, 5) is 0. The minimum Gasteiger partial charge on any atom is -0.395 e. The van der Waals surface area contributed by atoms with E-state index in [2.05, 4.69) is 32.2 Å². The molecule has 0 spiro atoms. The second kappa shape index (κ2) is 6.90. The molecule has 4 aliphatic carbocycles. The minimum atomic E-state index is -0.103. The van der Waals surface area contributed by atoms with Crippen molar-refractivity contribution in [3.63, 3.8) is 0 Å². The van der Waals surface area contributed by atoms with E-state index in [9.17, 15) is 10.2 Å². The van der Waals surface area contributed by atoms with Crippen LogP contribution in [-0.4, -0.2) is 35.5 Å². The Morgan fingerprint density at radius 3 is 2.73 bits per heavy atom. The van der Waals surface area contributed by atoms with E-state index in [1.165, 1.54) is 38.5 Å². The Morgan fingerprint density at radius 1 is 1.15 bits per heavy atom. The van der Waals surface area contributed by atoms with Crippen molar-refractivity contribution in [2.45, 2.75) is 84.3 Å². The number of fused-ring (bicyclic) bond motifs is 5. The normalized spacial score (nSPS) is 49.0. The molecule has 4 aliphatic rings. The summed E-state index contributed by atoms with van der Waals surface area (Å²) >= 11 is 0. The molecule has 4 rings (SSSR count). The minimum absolute atomic E-state index is 0.103. The Morgan fingerprint density at radius 2 is 1.96 bits per heavy atom. The van der Waals surface area contributed by atoms with Crippen molar-refractivity contribution in [3.05, 3.63) is 11.6 Å². The van der Waals surface area contributed by atoms with Gasteiger partial charge in [0.05, 0.1) is 12.7 Å². The van der Waals surface area contributed by atoms with Gasteiger partial charge in [0.25, 0.3) is 0 Å². The number of hydrogen-bond donors (Lipinski definition) is 3. The van der Waals surface area contributed by atoms with Crippen molar-refractivity contribution in [2.24, 2.45) is 34.5 Å². The molecule has 0 aliphatic heterocycles. The topological polar surface area (TPSA) is 52.5 Å². The third-order valence-corrected chi connectivity index (χ3v) is 9.33. The molecule has 0 aromatic carbocycles. The monoisotopic (exact) mass is 361 g/mol. The molecular weight excluding hydrogens is 322 g/mol. The van der Waals surface area contributed by atoms with E-state index >= 15 is 0 Å². The Bertz CT molecular complexity index is 560. The molecule has 26 heavy (non-hydrogen) atoms. The number of nitrogens with one attached hydrogen (secondary N) is 1. The summed E-state index contributed by atoms with van der Waals surface area (Å²) in [6.07, 6.45) is 12.2. The van der Waals surface area contributed by atoms with Gasteiger partial charge in [-0.15, -0.1) is 0 Å². The third-order valence-electron chi connectivity index (χ3n) is 9.33. The van der Waals surface area contributed by atoms with Crippen LogP contribution in [0.2, 0.25) is 0 Å². The zero-order chi connectivity index (χ0) is 18.5. The Balaban J connectivity index is 1.56. The van der Waals surface area contributed by atoms with Crippen molar-refractivity contribution >= 4 is 0 Å². The van der Waals surface area contributed by atoms with Gasteiger partial charge in [0.15, 0.2) is 0 Å². The van der Waals surface area contributed by atoms with Crippen LogP contribution in [0.4, 0.5) is 0 Å². The lowest BCUT2D eigenvalue weighted by Crippen LogP contribution is -2.52. The molecular formula is C23H39NO2. The Kier molecular flexibility index (Phi) is 5.03. The van der Waals surface area contributed by atoms with Crippen LogP contribution in [0.5, 0.6) is 0 Å². The number of hydrogen-bond acceptors (Lipinski definition) is 3. The summed E-state index contributed by atoms with van der Waals surface area (Å²) < 4.78 is 0. The lowest BCUT2D eigenvalue weighted by Gasteiger charge is -2.58. The van der Waals surface area contributed by atoms with Crippen LogP contribution >= 0.6 is 0 Å². The molecule has 0 heterocycles. The number of aliphatic hydroxyl groups is 2. The van der Waals surface area contributed by atoms with Gasteiger partial charge in [0.2, 0.25) is 0 Å². The zero-order valence-corrected chi connectivity index (χ0v) is 17.0. The van der Waals surface area contributed by atoms with Crippen molar-refractivity contribution in [3.8, 4) is 0 Å². The Labute approximate surface area is 159 Å². The van der Waals surface area contributed by atoms with E-state index < -0.39 is 0 Å². The van der Waals surface area contributed by atoms with Gasteiger partial charge in [-0.1, -0.05) is 25.5 Å². The first-order chi connectivity index (χ1) is 12.4. The lowest BCUT2D eigenvalue weighted by molar-refractivity contribution is -0.0536. The molecule has 148 valence electrons. The first-order valence-corrected chi connectivity index (χ1v) is 11.1. The van der Waals surface area contributed by atoms with Crippen LogP contribution in [0, 0.1) is 34.5 Å². The maximum atomic E-state index is 10.2. The smallest absolute Gasteiger partial charge is 0.0577 e. The summed E-state index contributed by atoms with van der Waals surface area (Å²) in [7, 11) is 0. The summed E-state index contributed by atoms with van der Waals surface area (Å²) in [5.74, 6) is 3.26. The second-order valence-electron chi connectivity index (χ2n) is 10.4. The van der Waals surface area contributed by atoms with Crippen LogP contribution in [0.3, 0.4) is 0 Å². The number of allylic oxidation sites excluding steroid dienone is 1. The van der Waals surface area contributed by atoms with Gasteiger partial charge in [-0.3, -0.25) is 0 Å². The molecule has 3 nitrogen and oxygen atoms in total. The van der Waals surface area contributed by atoms with Gasteiger partial charge in [0, 0.05) is 12.6 Å². The molecule has 0 bridgehead atoms. The highest BCUT2D eigenvalue weighted by Crippen LogP contribution is 2.66.